The Balaban J connectivity index is 1.66. The molecule has 6 nitrogen and oxygen atoms in total. The molecular weight excluding hydrogens is 471 g/mol. The third-order valence-corrected chi connectivity index (χ3v) is 10.0. The molecule has 0 saturated carbocycles. The molecule has 3 amide bonds. The highest BCUT2D eigenvalue weighted by Gasteiger charge is 2.44. The Morgan fingerprint density at radius 3 is 1.64 bits per heavy atom. The topological polar surface area (TPSA) is 67.9 Å². The summed E-state index contributed by atoms with van der Waals surface area (Å²) in [5.74, 6) is 0. The molecule has 3 aromatic carbocycles. The number of nitrogens with zero attached hydrogens (tertiary/aromatic N) is 1. The van der Waals surface area contributed by atoms with Gasteiger partial charge in [0.05, 0.1) is 19.4 Å². The predicted octanol–water partition coefficient (Wildman–Crippen LogP) is 4.57. The monoisotopic (exact) mass is 507 g/mol. The first kappa shape index (κ1) is 27.4. The zero-order valence-electron chi connectivity index (χ0n) is 21.5. The highest BCUT2D eigenvalue weighted by molar-refractivity contribution is 7.95. The molecule has 3 rings (SSSR count). The van der Waals surface area contributed by atoms with Crippen LogP contribution in [0.2, 0.25) is 0 Å². The summed E-state index contributed by atoms with van der Waals surface area (Å²) in [5.41, 5.74) is -0.666. The first-order valence-corrected chi connectivity index (χ1v) is 14.1. The van der Waals surface area contributed by atoms with Crippen LogP contribution in [0.5, 0.6) is 0 Å². The molecule has 0 saturated heterocycles. The van der Waals surface area contributed by atoms with E-state index in [4.69, 9.17) is 9.47 Å². The molecule has 0 fully saturated rings. The summed E-state index contributed by atoms with van der Waals surface area (Å²) in [4.78, 5) is 25.3. The van der Waals surface area contributed by atoms with Gasteiger partial charge in [0, 0.05) is 13.6 Å². The van der Waals surface area contributed by atoms with Crippen LogP contribution >= 0.6 is 7.26 Å². The zero-order valence-corrected chi connectivity index (χ0v) is 22.4. The molecule has 0 radical (unpaired) electrons. The average Bonchev–Trinajstić information content (AvgIpc) is 2.88. The van der Waals surface area contributed by atoms with Crippen LogP contribution in [0, 0.1) is 0 Å². The lowest BCUT2D eigenvalue weighted by Gasteiger charge is -2.27. The molecule has 0 heterocycles. The molecule has 0 spiro atoms. The number of amides is 3. The fourth-order valence-electron chi connectivity index (χ4n) is 3.95. The number of hydrogen-bond donors (Lipinski definition) is 1. The lowest BCUT2D eigenvalue weighted by Crippen LogP contribution is -2.44. The summed E-state index contributed by atoms with van der Waals surface area (Å²) in [6, 6.07) is 31.4. The van der Waals surface area contributed by atoms with Crippen LogP contribution in [-0.2, 0) is 9.47 Å². The molecule has 0 aromatic heterocycles. The first-order chi connectivity index (χ1) is 17.2. The minimum absolute atomic E-state index is 0.291. The molecule has 0 aliphatic carbocycles. The minimum Gasteiger partial charge on any atom is -0.443 e. The van der Waals surface area contributed by atoms with Gasteiger partial charge in [0.1, 0.15) is 28.8 Å². The average molecular weight is 508 g/mol. The predicted molar refractivity (Wildman–Crippen MR) is 148 cm³/mol. The molecule has 3 aromatic rings. The van der Waals surface area contributed by atoms with Crippen molar-refractivity contribution >= 4 is 35.3 Å². The number of benzene rings is 3. The molecular formula is C29H36N2O4P+. The molecule has 36 heavy (non-hydrogen) atoms. The maximum atomic E-state index is 12.3. The third kappa shape index (κ3) is 7.16. The van der Waals surface area contributed by atoms with Crippen LogP contribution in [0.4, 0.5) is 9.59 Å². The van der Waals surface area contributed by atoms with E-state index >= 15 is 0 Å². The second-order valence-corrected chi connectivity index (χ2v) is 13.0. The lowest BCUT2D eigenvalue weighted by molar-refractivity contribution is 0.0357. The van der Waals surface area contributed by atoms with Gasteiger partial charge in [0.25, 0.3) is 0 Å². The lowest BCUT2D eigenvalue weighted by atomic mass is 10.2. The minimum atomic E-state index is -1.95. The highest BCUT2D eigenvalue weighted by atomic mass is 31.2. The number of ether oxygens (including phenoxy) is 2. The number of nitrogens with one attached hydrogen (secondary N) is 1. The van der Waals surface area contributed by atoms with Gasteiger partial charge in [-0.2, -0.15) is 0 Å². The maximum absolute atomic E-state index is 12.3. The van der Waals surface area contributed by atoms with Gasteiger partial charge in [-0.25, -0.2) is 14.5 Å². The fourth-order valence-corrected chi connectivity index (χ4v) is 8.06. The van der Waals surface area contributed by atoms with E-state index in [9.17, 15) is 9.59 Å². The maximum Gasteiger partial charge on any atom is 0.418 e. The van der Waals surface area contributed by atoms with E-state index < -0.39 is 25.0 Å². The van der Waals surface area contributed by atoms with Crippen LogP contribution < -0.4 is 21.2 Å². The van der Waals surface area contributed by atoms with Crippen molar-refractivity contribution in [3.05, 3.63) is 91.0 Å². The van der Waals surface area contributed by atoms with E-state index in [-0.39, 0.29) is 0 Å². The number of carbonyl (C=O) groups is 2. The van der Waals surface area contributed by atoms with E-state index in [0.717, 1.165) is 11.1 Å². The van der Waals surface area contributed by atoms with E-state index in [1.165, 1.54) is 23.0 Å². The second kappa shape index (κ2) is 12.7. The smallest absolute Gasteiger partial charge is 0.418 e. The van der Waals surface area contributed by atoms with Crippen molar-refractivity contribution in [2.45, 2.75) is 26.4 Å². The number of urea groups is 1. The van der Waals surface area contributed by atoms with Crippen molar-refractivity contribution < 1.29 is 19.1 Å². The quantitative estimate of drug-likeness (QED) is 0.340. The largest absolute Gasteiger partial charge is 0.443 e. The van der Waals surface area contributed by atoms with Gasteiger partial charge < -0.3 is 14.8 Å². The number of hydrogen-bond acceptors (Lipinski definition) is 4. The van der Waals surface area contributed by atoms with Gasteiger partial charge in [0.2, 0.25) is 0 Å². The summed E-state index contributed by atoms with van der Waals surface area (Å²) >= 11 is 0. The van der Waals surface area contributed by atoms with Gasteiger partial charge in [-0.15, -0.1) is 0 Å². The normalized spacial score (nSPS) is 11.6. The SMILES string of the molecule is CN(C(=O)NCCOCC[P+](c1ccccc1)(c1ccccc1)c1ccccc1)C(=O)OC(C)(C)C. The van der Waals surface area contributed by atoms with Crippen LogP contribution in [0.1, 0.15) is 20.8 Å². The Labute approximate surface area is 215 Å². The first-order valence-electron chi connectivity index (χ1n) is 12.1. The Hall–Kier alpha value is -3.21. The molecule has 0 unspecified atom stereocenters. The fraction of sp³-hybridized carbons (Fsp3) is 0.310. The van der Waals surface area contributed by atoms with E-state index in [0.29, 0.717) is 19.8 Å². The molecule has 0 aliphatic heterocycles. The summed E-state index contributed by atoms with van der Waals surface area (Å²) < 4.78 is 11.2. The molecule has 0 aliphatic rings. The van der Waals surface area contributed by atoms with Crippen LogP contribution in [0.15, 0.2) is 91.0 Å². The Morgan fingerprint density at radius 1 is 0.778 bits per heavy atom. The van der Waals surface area contributed by atoms with Crippen LogP contribution in [0.25, 0.3) is 0 Å². The third-order valence-electron chi connectivity index (χ3n) is 5.66. The van der Waals surface area contributed by atoms with Crippen LogP contribution in [-0.4, -0.2) is 55.6 Å². The Morgan fingerprint density at radius 2 is 1.22 bits per heavy atom. The standard InChI is InChI=1S/C29H35N2O4P/c1-29(2,3)35-28(33)31(4)27(32)30-20-21-34-22-23-36(24-14-8-5-9-15-24,25-16-10-6-11-17-25)26-18-12-7-13-19-26/h5-19H,20-23H2,1-4H3/p+1. The van der Waals surface area contributed by atoms with E-state index in [2.05, 4.69) is 78.1 Å². The van der Waals surface area contributed by atoms with Crippen molar-refractivity contribution in [2.75, 3.05) is 33.0 Å². The summed E-state index contributed by atoms with van der Waals surface area (Å²) in [5, 5.41) is 6.62. The Kier molecular flexibility index (Phi) is 9.63. The summed E-state index contributed by atoms with van der Waals surface area (Å²) in [6.45, 7) is 6.43. The number of imide groups is 1. The van der Waals surface area contributed by atoms with Crippen molar-refractivity contribution in [2.24, 2.45) is 0 Å². The second-order valence-electron chi connectivity index (χ2n) is 9.42. The molecule has 190 valence electrons. The van der Waals surface area contributed by atoms with Crippen molar-refractivity contribution in [3.8, 4) is 0 Å². The summed E-state index contributed by atoms with van der Waals surface area (Å²) in [7, 11) is -0.560. The van der Waals surface area contributed by atoms with Crippen molar-refractivity contribution in [3.63, 3.8) is 0 Å². The van der Waals surface area contributed by atoms with Gasteiger partial charge in [-0.05, 0) is 57.2 Å². The van der Waals surface area contributed by atoms with Gasteiger partial charge in [-0.1, -0.05) is 54.6 Å². The van der Waals surface area contributed by atoms with E-state index in [1.807, 2.05) is 18.2 Å². The van der Waals surface area contributed by atoms with Gasteiger partial charge in [0.15, 0.2) is 0 Å². The zero-order chi connectivity index (χ0) is 26.0. The van der Waals surface area contributed by atoms with E-state index in [1.54, 1.807) is 20.8 Å². The van der Waals surface area contributed by atoms with Gasteiger partial charge in [-0.3, -0.25) is 0 Å². The van der Waals surface area contributed by atoms with Crippen molar-refractivity contribution in [1.29, 1.82) is 0 Å². The molecule has 7 heteroatoms. The van der Waals surface area contributed by atoms with Crippen molar-refractivity contribution in [1.82, 2.24) is 10.2 Å². The summed E-state index contributed by atoms with van der Waals surface area (Å²) in [6.07, 6.45) is 0.139. The Bertz CT molecular complexity index is 1010. The van der Waals surface area contributed by atoms with Gasteiger partial charge >= 0.3 is 12.1 Å². The highest BCUT2D eigenvalue weighted by Crippen LogP contribution is 2.54. The number of rotatable bonds is 9. The number of carbonyl (C=O) groups excluding carboxylic acids is 2. The molecule has 1 N–H and O–H groups in total. The molecule has 0 bridgehead atoms. The molecule has 0 atom stereocenters. The van der Waals surface area contributed by atoms with Crippen LogP contribution in [0.3, 0.4) is 0 Å².